The second-order valence-corrected chi connectivity index (χ2v) is 14.5. The Morgan fingerprint density at radius 3 is 2.39 bits per heavy atom. The third-order valence-corrected chi connectivity index (χ3v) is 10.2. The minimum Gasteiger partial charge on any atom is -0.478 e. The van der Waals surface area contributed by atoms with Crippen molar-refractivity contribution in [3.63, 3.8) is 0 Å². The number of β-amino-alcohol motifs (C(OH)–C–C–N with tert-alkyl or cyclic N) is 1. The highest BCUT2D eigenvalue weighted by molar-refractivity contribution is 7.92. The van der Waals surface area contributed by atoms with Crippen molar-refractivity contribution in [3.8, 4) is 0 Å². The maximum Gasteiger partial charge on any atom is 0.335 e. The van der Waals surface area contributed by atoms with Crippen LogP contribution in [-0.2, 0) is 23.0 Å². The Kier molecular flexibility index (Phi) is 10.5. The number of piperazine rings is 1. The van der Waals surface area contributed by atoms with Gasteiger partial charge in [-0.3, -0.25) is 4.72 Å². The first-order chi connectivity index (χ1) is 21.9. The number of aryl methyl sites for hydroxylation is 1. The molecule has 46 heavy (non-hydrogen) atoms. The molecule has 11 heteroatoms. The number of aliphatic hydroxyl groups is 1. The van der Waals surface area contributed by atoms with E-state index in [-0.39, 0.29) is 22.5 Å². The molecule has 10 nitrogen and oxygen atoms in total. The van der Waals surface area contributed by atoms with E-state index in [0.29, 0.717) is 11.3 Å². The number of benzene rings is 3. The summed E-state index contributed by atoms with van der Waals surface area (Å²) in [5, 5.41) is 25.0. The largest absolute Gasteiger partial charge is 0.478 e. The number of anilines is 1. The van der Waals surface area contributed by atoms with Crippen LogP contribution >= 0.6 is 0 Å². The number of aliphatic hydroxyl groups excluding tert-OH is 1. The van der Waals surface area contributed by atoms with Crippen molar-refractivity contribution in [3.05, 3.63) is 95.7 Å². The number of aromatic nitrogens is 1. The Balaban J connectivity index is 1.23. The van der Waals surface area contributed by atoms with Gasteiger partial charge in [-0.2, -0.15) is 0 Å². The van der Waals surface area contributed by atoms with Gasteiger partial charge in [0.15, 0.2) is 0 Å². The number of sulfonamides is 1. The molecule has 0 spiro atoms. The molecule has 1 aliphatic heterocycles. The number of fused-ring (bicyclic) bond motifs is 1. The summed E-state index contributed by atoms with van der Waals surface area (Å²) < 4.78 is 30.5. The molecular weight excluding hydrogens is 602 g/mol. The van der Waals surface area contributed by atoms with Crippen LogP contribution < -0.4 is 10.0 Å². The topological polar surface area (TPSA) is 127 Å². The van der Waals surface area contributed by atoms with Crippen LogP contribution in [0.1, 0.15) is 48.0 Å². The quantitative estimate of drug-likeness (QED) is 0.159. The number of nitrogens with zero attached hydrogens (tertiary/aromatic N) is 3. The summed E-state index contributed by atoms with van der Waals surface area (Å²) in [6.45, 7) is 10.4. The minimum absolute atomic E-state index is 0.171. The smallest absolute Gasteiger partial charge is 0.335 e. The van der Waals surface area contributed by atoms with Gasteiger partial charge in [0.1, 0.15) is 0 Å². The second-order valence-electron chi connectivity index (χ2n) is 12.8. The lowest BCUT2D eigenvalue weighted by Gasteiger charge is -2.32. The first-order valence-corrected chi connectivity index (χ1v) is 17.3. The number of aromatic carboxylic acids is 1. The lowest BCUT2D eigenvalue weighted by molar-refractivity contribution is 0.0697. The van der Waals surface area contributed by atoms with Crippen molar-refractivity contribution in [2.75, 3.05) is 51.0 Å². The Morgan fingerprint density at radius 2 is 1.67 bits per heavy atom. The van der Waals surface area contributed by atoms with Gasteiger partial charge < -0.3 is 29.9 Å². The molecule has 0 bridgehead atoms. The van der Waals surface area contributed by atoms with E-state index in [2.05, 4.69) is 51.4 Å². The number of hydrogen-bond acceptors (Lipinski definition) is 7. The SMILES string of the molecule is CN1CCN(CCc2cc3cc(C(=O)O)ccc3n2CCC(C)(C)NC[C@H](O)c2cccc(NS(=O)(=O)c3ccccc3)c2)CC1. The van der Waals surface area contributed by atoms with E-state index in [0.717, 1.165) is 63.0 Å². The molecule has 1 aliphatic rings. The van der Waals surface area contributed by atoms with Gasteiger partial charge in [-0.25, -0.2) is 13.2 Å². The van der Waals surface area contributed by atoms with E-state index in [1.165, 1.54) is 17.8 Å². The fraction of sp³-hybridized carbons (Fsp3) is 0.400. The van der Waals surface area contributed by atoms with Crippen molar-refractivity contribution in [2.24, 2.45) is 0 Å². The highest BCUT2D eigenvalue weighted by atomic mass is 32.2. The van der Waals surface area contributed by atoms with Crippen LogP contribution in [0.25, 0.3) is 10.9 Å². The lowest BCUT2D eigenvalue weighted by Crippen LogP contribution is -2.45. The number of rotatable bonds is 14. The second kappa shape index (κ2) is 14.4. The minimum atomic E-state index is -3.74. The maximum absolute atomic E-state index is 12.8. The molecule has 0 radical (unpaired) electrons. The normalized spacial score (nSPS) is 15.7. The van der Waals surface area contributed by atoms with E-state index in [1.807, 2.05) is 6.07 Å². The average Bonchev–Trinajstić information content (AvgIpc) is 3.39. The number of hydrogen-bond donors (Lipinski definition) is 4. The molecule has 0 amide bonds. The summed E-state index contributed by atoms with van der Waals surface area (Å²) in [5.74, 6) is -0.934. The molecule has 1 saturated heterocycles. The zero-order valence-electron chi connectivity index (χ0n) is 26.8. The van der Waals surface area contributed by atoms with Gasteiger partial charge in [0.25, 0.3) is 10.0 Å². The Bertz CT molecular complexity index is 1750. The predicted molar refractivity (Wildman–Crippen MR) is 182 cm³/mol. The highest BCUT2D eigenvalue weighted by Gasteiger charge is 2.22. The summed E-state index contributed by atoms with van der Waals surface area (Å²) >= 11 is 0. The van der Waals surface area contributed by atoms with E-state index < -0.39 is 22.1 Å². The third-order valence-electron chi connectivity index (χ3n) is 8.83. The molecule has 0 aliphatic carbocycles. The molecule has 2 heterocycles. The van der Waals surface area contributed by atoms with Gasteiger partial charge in [0, 0.05) is 80.1 Å². The number of carboxylic acids is 1. The number of carbonyl (C=O) groups is 1. The molecule has 1 atom stereocenters. The molecule has 3 aromatic carbocycles. The number of likely N-dealkylation sites (N-methyl/N-ethyl adjacent to an activating group) is 1. The van der Waals surface area contributed by atoms with Crippen LogP contribution in [-0.4, -0.2) is 90.8 Å². The summed E-state index contributed by atoms with van der Waals surface area (Å²) in [7, 11) is -1.59. The average molecular weight is 648 g/mol. The predicted octanol–water partition coefficient (Wildman–Crippen LogP) is 4.42. The summed E-state index contributed by atoms with van der Waals surface area (Å²) in [6, 6.07) is 22.4. The highest BCUT2D eigenvalue weighted by Crippen LogP contribution is 2.26. The van der Waals surface area contributed by atoms with E-state index in [9.17, 15) is 23.4 Å². The van der Waals surface area contributed by atoms with Gasteiger partial charge in [-0.15, -0.1) is 0 Å². The van der Waals surface area contributed by atoms with Gasteiger partial charge >= 0.3 is 5.97 Å². The standard InChI is InChI=1S/C35H45N5O5S/c1-35(2,36-25-33(41)26-8-7-9-29(23-26)37-46(44,45)31-10-5-4-6-11-31)15-17-40-30(14-16-39-20-18-38(3)19-21-39)24-28-22-27(34(42)43)12-13-32(28)40/h4-13,22-24,33,36-37,41H,14-21,25H2,1-3H3,(H,42,43)/t33-/m0/s1. The van der Waals surface area contributed by atoms with Crippen LogP contribution in [0.2, 0.25) is 0 Å². The van der Waals surface area contributed by atoms with Gasteiger partial charge in [0.05, 0.1) is 16.6 Å². The zero-order valence-corrected chi connectivity index (χ0v) is 27.6. The fourth-order valence-electron chi connectivity index (χ4n) is 5.87. The van der Waals surface area contributed by atoms with Crippen LogP contribution in [0.15, 0.2) is 83.8 Å². The van der Waals surface area contributed by atoms with Crippen LogP contribution in [0.3, 0.4) is 0 Å². The molecule has 1 aromatic heterocycles. The van der Waals surface area contributed by atoms with Gasteiger partial charge in [-0.1, -0.05) is 30.3 Å². The zero-order chi connectivity index (χ0) is 32.9. The van der Waals surface area contributed by atoms with Crippen molar-refractivity contribution in [1.29, 1.82) is 0 Å². The van der Waals surface area contributed by atoms with E-state index in [4.69, 9.17) is 0 Å². The Morgan fingerprint density at radius 1 is 0.935 bits per heavy atom. The summed E-state index contributed by atoms with van der Waals surface area (Å²) in [6.07, 6.45) is 0.793. The molecule has 4 N–H and O–H groups in total. The van der Waals surface area contributed by atoms with Gasteiger partial charge in [0.2, 0.25) is 0 Å². The Hall–Kier alpha value is -3.74. The number of carboxylic acid groups (broad SMARTS) is 1. The van der Waals surface area contributed by atoms with Crippen molar-refractivity contribution < 1.29 is 23.4 Å². The molecule has 246 valence electrons. The molecule has 0 saturated carbocycles. The molecule has 5 rings (SSSR count). The molecule has 4 aromatic rings. The van der Waals surface area contributed by atoms with Crippen LogP contribution in [0.5, 0.6) is 0 Å². The fourth-order valence-corrected chi connectivity index (χ4v) is 6.94. The first kappa shape index (κ1) is 33.6. The van der Waals surface area contributed by atoms with Crippen LogP contribution in [0.4, 0.5) is 5.69 Å². The summed E-state index contributed by atoms with van der Waals surface area (Å²) in [4.78, 5) is 16.6. The van der Waals surface area contributed by atoms with Gasteiger partial charge in [-0.05, 0) is 81.4 Å². The molecular formula is C35H45N5O5S. The third kappa shape index (κ3) is 8.54. The van der Waals surface area contributed by atoms with E-state index in [1.54, 1.807) is 54.6 Å². The maximum atomic E-state index is 12.8. The molecule has 1 fully saturated rings. The van der Waals surface area contributed by atoms with Crippen molar-refractivity contribution in [1.82, 2.24) is 19.7 Å². The molecule has 0 unspecified atom stereocenters. The Labute approximate surface area is 271 Å². The lowest BCUT2D eigenvalue weighted by atomic mass is 9.99. The summed E-state index contributed by atoms with van der Waals surface area (Å²) in [5.41, 5.74) is 3.14. The van der Waals surface area contributed by atoms with Crippen LogP contribution in [0, 0.1) is 0 Å². The van der Waals surface area contributed by atoms with Crippen molar-refractivity contribution in [2.45, 2.75) is 49.8 Å². The number of nitrogens with one attached hydrogen (secondary N) is 2. The monoisotopic (exact) mass is 647 g/mol. The first-order valence-electron chi connectivity index (χ1n) is 15.8. The van der Waals surface area contributed by atoms with E-state index >= 15 is 0 Å². The van der Waals surface area contributed by atoms with Crippen molar-refractivity contribution >= 4 is 32.6 Å².